The molecule has 4 rings (SSSR count). The second-order valence-corrected chi connectivity index (χ2v) is 11.2. The van der Waals surface area contributed by atoms with Gasteiger partial charge in [0, 0.05) is 0 Å². The lowest BCUT2D eigenvalue weighted by Crippen LogP contribution is -2.01. The van der Waals surface area contributed by atoms with Crippen molar-refractivity contribution in [1.82, 2.24) is 0 Å². The lowest BCUT2D eigenvalue weighted by Gasteiger charge is -2.07. The molecule has 240 valence electrons. The van der Waals surface area contributed by atoms with Gasteiger partial charge in [0.2, 0.25) is 0 Å². The monoisotopic (exact) mass is 782 g/mol. The van der Waals surface area contributed by atoms with Crippen LogP contribution in [0.2, 0.25) is 40.2 Å². The van der Waals surface area contributed by atoms with Crippen LogP contribution in [-0.2, 0) is 0 Å². The van der Waals surface area contributed by atoms with E-state index >= 15 is 0 Å². The summed E-state index contributed by atoms with van der Waals surface area (Å²) in [5.41, 5.74) is 0.449. The predicted molar refractivity (Wildman–Crippen MR) is 182 cm³/mol. The van der Waals surface area contributed by atoms with Gasteiger partial charge in [0.1, 0.15) is 23.3 Å². The maximum absolute atomic E-state index is 10.7. The van der Waals surface area contributed by atoms with Gasteiger partial charge in [0.05, 0.1) is 65.5 Å². The Hall–Kier alpha value is -3.28. The van der Waals surface area contributed by atoms with E-state index in [1.807, 2.05) is 12.1 Å². The van der Waals surface area contributed by atoms with Crippen molar-refractivity contribution in [1.29, 1.82) is 10.5 Å². The lowest BCUT2D eigenvalue weighted by molar-refractivity contribution is 0.0682. The van der Waals surface area contributed by atoms with E-state index in [4.69, 9.17) is 123 Å². The summed E-state index contributed by atoms with van der Waals surface area (Å²) in [7, 11) is 2.67. The van der Waals surface area contributed by atoms with E-state index < -0.39 is 11.9 Å². The molecule has 0 aromatic heterocycles. The molecular formula is C30H18Cl8N2O6. The molecule has 0 aliphatic carbocycles. The Morgan fingerprint density at radius 3 is 0.957 bits per heavy atom. The number of hydrogen-bond acceptors (Lipinski definition) is 6. The van der Waals surface area contributed by atoms with Crippen molar-refractivity contribution in [2.24, 2.45) is 0 Å². The van der Waals surface area contributed by atoms with E-state index in [2.05, 4.69) is 0 Å². The molecule has 0 radical (unpaired) electrons. The maximum atomic E-state index is 10.7. The van der Waals surface area contributed by atoms with Gasteiger partial charge in [-0.25, -0.2) is 9.59 Å². The standard InChI is InChI=1S/2C8H6Cl2O3.2C7H3Cl2N/c2*1-13-7-5(10)3-2-4(9)6(7)8(11)12;2*8-6-2-1-3-7(9)5(6)4-10/h2*2-3H,1H3,(H,11,12);2*1-3H. The highest BCUT2D eigenvalue weighted by Gasteiger charge is 2.19. The number of nitrogens with zero attached hydrogens (tertiary/aromatic N) is 2. The molecule has 8 nitrogen and oxygen atoms in total. The van der Waals surface area contributed by atoms with Gasteiger partial charge in [-0.05, 0) is 48.5 Å². The zero-order valence-electron chi connectivity index (χ0n) is 23.2. The fraction of sp³-hybridized carbons (Fsp3) is 0.0667. The first kappa shape index (κ1) is 40.7. The van der Waals surface area contributed by atoms with E-state index in [1.54, 1.807) is 36.4 Å². The van der Waals surface area contributed by atoms with Crippen LogP contribution in [0.1, 0.15) is 31.8 Å². The number of halogens is 8. The van der Waals surface area contributed by atoms with Crippen LogP contribution in [0.4, 0.5) is 0 Å². The Bertz CT molecular complexity index is 1630. The molecule has 0 saturated carbocycles. The number of carbonyl (C=O) groups is 2. The number of ether oxygens (including phenoxy) is 2. The Morgan fingerprint density at radius 2 is 0.783 bits per heavy atom. The smallest absolute Gasteiger partial charge is 0.341 e. The van der Waals surface area contributed by atoms with Gasteiger partial charge in [-0.15, -0.1) is 0 Å². The summed E-state index contributed by atoms with van der Waals surface area (Å²) in [6.07, 6.45) is 0. The molecule has 4 aromatic carbocycles. The molecule has 0 saturated heterocycles. The summed E-state index contributed by atoms with van der Waals surface area (Å²) < 4.78 is 9.64. The minimum atomic E-state index is -1.16. The van der Waals surface area contributed by atoms with E-state index in [0.29, 0.717) is 31.2 Å². The van der Waals surface area contributed by atoms with Crippen molar-refractivity contribution in [3.05, 3.63) is 123 Å². The number of carboxylic acids is 2. The van der Waals surface area contributed by atoms with Gasteiger partial charge in [0.25, 0.3) is 0 Å². The van der Waals surface area contributed by atoms with Crippen molar-refractivity contribution < 1.29 is 29.3 Å². The Labute approximate surface area is 303 Å². The number of methoxy groups -OCH3 is 2. The third-order valence-corrected chi connectivity index (χ3v) is 7.59. The number of carboxylic acid groups (broad SMARTS) is 2. The Balaban J connectivity index is 0.000000309. The fourth-order valence-corrected chi connectivity index (χ4v) is 4.97. The van der Waals surface area contributed by atoms with E-state index in [1.165, 1.54) is 38.5 Å². The first-order valence-corrected chi connectivity index (χ1v) is 14.9. The van der Waals surface area contributed by atoms with Crippen molar-refractivity contribution in [2.75, 3.05) is 14.2 Å². The molecular weight excluding hydrogens is 768 g/mol. The van der Waals surface area contributed by atoms with Crippen LogP contribution in [-0.4, -0.2) is 36.4 Å². The quantitative estimate of drug-likeness (QED) is 0.208. The third kappa shape index (κ3) is 11.5. The molecule has 0 atom stereocenters. The minimum absolute atomic E-state index is 0.0849. The minimum Gasteiger partial charge on any atom is -0.494 e. The largest absolute Gasteiger partial charge is 0.494 e. The molecule has 2 N–H and O–H groups in total. The van der Waals surface area contributed by atoms with E-state index in [9.17, 15) is 9.59 Å². The van der Waals surface area contributed by atoms with Gasteiger partial charge in [0.15, 0.2) is 11.5 Å². The Morgan fingerprint density at radius 1 is 0.522 bits per heavy atom. The highest BCUT2D eigenvalue weighted by Crippen LogP contribution is 2.34. The molecule has 16 heteroatoms. The molecule has 0 bridgehead atoms. The second-order valence-electron chi connectivity index (χ2n) is 7.90. The Kier molecular flexibility index (Phi) is 17.8. The lowest BCUT2D eigenvalue weighted by atomic mass is 10.2. The molecule has 0 fully saturated rings. The summed E-state index contributed by atoms with van der Waals surface area (Å²) >= 11 is 45.2. The molecule has 46 heavy (non-hydrogen) atoms. The third-order valence-electron chi connectivity index (χ3n) is 5.10. The molecule has 0 unspecified atom stereocenters. The average Bonchev–Trinajstić information content (AvgIpc) is 3.00. The number of benzene rings is 4. The SMILES string of the molecule is COc1c(Cl)ccc(Cl)c1C(=O)O.COc1c(Cl)ccc(Cl)c1C(=O)O.N#Cc1c(Cl)cccc1Cl.N#Cc1c(Cl)cccc1Cl. The number of aromatic carboxylic acids is 2. The summed E-state index contributed by atoms with van der Waals surface area (Å²) in [4.78, 5) is 21.5. The zero-order chi connectivity index (χ0) is 35.1. The summed E-state index contributed by atoms with van der Waals surface area (Å²) in [5.74, 6) is -2.16. The highest BCUT2D eigenvalue weighted by atomic mass is 35.5. The van der Waals surface area contributed by atoms with Gasteiger partial charge in [-0.2, -0.15) is 10.5 Å². The van der Waals surface area contributed by atoms with Gasteiger partial charge in [-0.1, -0.05) is 105 Å². The molecule has 0 aliphatic rings. The second kappa shape index (κ2) is 20.1. The average molecular weight is 786 g/mol. The van der Waals surface area contributed by atoms with Crippen molar-refractivity contribution in [3.63, 3.8) is 0 Å². The van der Waals surface area contributed by atoms with Crippen LogP contribution < -0.4 is 9.47 Å². The first-order valence-electron chi connectivity index (χ1n) is 11.8. The molecule has 0 spiro atoms. The van der Waals surface area contributed by atoms with Crippen molar-refractivity contribution in [3.8, 4) is 23.6 Å². The normalized spacial score (nSPS) is 9.39. The summed E-state index contributed by atoms with van der Waals surface area (Å²) in [5, 5.41) is 36.8. The number of nitriles is 2. The zero-order valence-corrected chi connectivity index (χ0v) is 29.3. The molecule has 0 amide bonds. The summed E-state index contributed by atoms with van der Waals surface area (Å²) in [6, 6.07) is 19.5. The number of rotatable bonds is 4. The van der Waals surface area contributed by atoms with Crippen LogP contribution in [0.25, 0.3) is 0 Å². The van der Waals surface area contributed by atoms with Crippen LogP contribution in [0.15, 0.2) is 60.7 Å². The van der Waals surface area contributed by atoms with Crippen molar-refractivity contribution in [2.45, 2.75) is 0 Å². The highest BCUT2D eigenvalue weighted by molar-refractivity contribution is 6.38. The molecule has 0 aliphatic heterocycles. The van der Waals surface area contributed by atoms with Crippen LogP contribution in [0.5, 0.6) is 11.5 Å². The first-order chi connectivity index (χ1) is 21.7. The van der Waals surface area contributed by atoms with Crippen LogP contribution in [0, 0.1) is 22.7 Å². The predicted octanol–water partition coefficient (Wildman–Crippen LogP) is 11.1. The molecule has 4 aromatic rings. The summed E-state index contributed by atoms with van der Waals surface area (Å²) in [6.45, 7) is 0. The maximum Gasteiger partial charge on any atom is 0.341 e. The van der Waals surface area contributed by atoms with Crippen LogP contribution >= 0.6 is 92.8 Å². The van der Waals surface area contributed by atoms with Crippen molar-refractivity contribution >= 4 is 105 Å². The van der Waals surface area contributed by atoms with Crippen LogP contribution in [0.3, 0.4) is 0 Å². The fourth-order valence-electron chi connectivity index (χ4n) is 3.07. The van der Waals surface area contributed by atoms with Gasteiger partial charge >= 0.3 is 11.9 Å². The van der Waals surface area contributed by atoms with E-state index in [-0.39, 0.29) is 42.7 Å². The number of hydrogen-bond donors (Lipinski definition) is 2. The molecule has 0 heterocycles. The topological polar surface area (TPSA) is 141 Å². The van der Waals surface area contributed by atoms with E-state index in [0.717, 1.165) is 0 Å². The van der Waals surface area contributed by atoms with Gasteiger partial charge in [-0.3, -0.25) is 0 Å². The van der Waals surface area contributed by atoms with Gasteiger partial charge < -0.3 is 19.7 Å².